The quantitative estimate of drug-likeness (QED) is 0.576. The van der Waals surface area contributed by atoms with Gasteiger partial charge in [0.1, 0.15) is 6.07 Å². The second-order valence-corrected chi connectivity index (χ2v) is 2.59. The fraction of sp³-hybridized carbons (Fsp3) is 0. The van der Waals surface area contributed by atoms with Crippen LogP contribution in [0.5, 0.6) is 0 Å². The Kier molecular flexibility index (Phi) is 2.20. The smallest absolute Gasteiger partial charge is 0.155 e. The maximum absolute atomic E-state index is 8.45. The average molecular weight is 168 g/mol. The van der Waals surface area contributed by atoms with Gasteiger partial charge in [0.2, 0.25) is 0 Å². The van der Waals surface area contributed by atoms with E-state index in [0.29, 0.717) is 15.6 Å². The molecular weight excluding hydrogens is 164 g/mol. The van der Waals surface area contributed by atoms with Crippen molar-refractivity contribution in [2.75, 3.05) is 0 Å². The first-order valence-corrected chi connectivity index (χ1v) is 3.42. The summed E-state index contributed by atoms with van der Waals surface area (Å²) in [7, 11) is 0. The van der Waals surface area contributed by atoms with Gasteiger partial charge in [-0.1, -0.05) is 0 Å². The van der Waals surface area contributed by atoms with Crippen molar-refractivity contribution in [3.05, 3.63) is 17.8 Å². The predicted octanol–water partition coefficient (Wildman–Crippen LogP) is 1.53. The van der Waals surface area contributed by atoms with Gasteiger partial charge in [0.25, 0.3) is 0 Å². The zero-order valence-corrected chi connectivity index (χ0v) is 6.73. The van der Waals surface area contributed by atoms with Gasteiger partial charge in [-0.3, -0.25) is 0 Å². The third kappa shape index (κ3) is 1.43. The van der Waals surface area contributed by atoms with Crippen LogP contribution in [0.3, 0.4) is 0 Å². The molecule has 50 valence electrons. The zero-order chi connectivity index (χ0) is 7.56. The number of thiol groups is 2. The van der Waals surface area contributed by atoms with Crippen LogP contribution >= 0.6 is 25.3 Å². The van der Waals surface area contributed by atoms with Gasteiger partial charge >= 0.3 is 0 Å². The molecule has 0 bridgehead atoms. The van der Waals surface area contributed by atoms with E-state index < -0.39 is 0 Å². The number of hydrogen-bond acceptors (Lipinski definition) is 4. The van der Waals surface area contributed by atoms with Crippen LogP contribution in [0, 0.1) is 11.3 Å². The molecule has 0 N–H and O–H groups in total. The van der Waals surface area contributed by atoms with Gasteiger partial charge in [-0.25, -0.2) is 4.98 Å². The predicted molar refractivity (Wildman–Crippen MR) is 43.5 cm³/mol. The Bertz CT molecular complexity index is 290. The lowest BCUT2D eigenvalue weighted by atomic mass is 10.4. The van der Waals surface area contributed by atoms with Crippen LogP contribution in [0.1, 0.15) is 5.69 Å². The summed E-state index contributed by atoms with van der Waals surface area (Å²) >= 11 is 7.97. The molecule has 2 nitrogen and oxygen atoms in total. The molecule has 0 saturated carbocycles. The molecule has 0 atom stereocenters. The molecule has 1 aromatic heterocycles. The topological polar surface area (TPSA) is 36.7 Å². The van der Waals surface area contributed by atoms with Crippen LogP contribution in [0.15, 0.2) is 22.1 Å². The van der Waals surface area contributed by atoms with E-state index in [1.54, 1.807) is 12.1 Å². The molecule has 4 heteroatoms. The lowest BCUT2D eigenvalue weighted by Crippen LogP contribution is -1.84. The molecule has 0 fully saturated rings. The van der Waals surface area contributed by atoms with E-state index in [1.807, 2.05) is 6.07 Å². The molecular formula is C6H4N2S2. The zero-order valence-electron chi connectivity index (χ0n) is 4.94. The van der Waals surface area contributed by atoms with Crippen LogP contribution in [0.2, 0.25) is 0 Å². The summed E-state index contributed by atoms with van der Waals surface area (Å²) in [6, 6.07) is 5.28. The third-order valence-corrected chi connectivity index (χ3v) is 1.58. The summed E-state index contributed by atoms with van der Waals surface area (Å²) in [5, 5.41) is 8.98. The van der Waals surface area contributed by atoms with Gasteiger partial charge in [-0.15, -0.1) is 25.3 Å². The third-order valence-electron chi connectivity index (χ3n) is 0.965. The summed E-state index contributed by atoms with van der Waals surface area (Å²) in [5.74, 6) is 0. The first-order chi connectivity index (χ1) is 4.74. The minimum absolute atomic E-state index is 0.316. The Labute approximate surface area is 69.7 Å². The summed E-state index contributed by atoms with van der Waals surface area (Å²) in [5.41, 5.74) is 0.316. The van der Waals surface area contributed by atoms with E-state index in [1.165, 1.54) is 0 Å². The van der Waals surface area contributed by atoms with E-state index in [2.05, 4.69) is 30.2 Å². The Morgan fingerprint density at radius 1 is 1.40 bits per heavy atom. The lowest BCUT2D eigenvalue weighted by molar-refractivity contribution is 1.06. The van der Waals surface area contributed by atoms with Crippen molar-refractivity contribution in [2.24, 2.45) is 0 Å². The maximum Gasteiger partial charge on any atom is 0.155 e. The summed E-state index contributed by atoms with van der Waals surface area (Å²) in [4.78, 5) is 4.40. The van der Waals surface area contributed by atoms with Gasteiger partial charge in [0.15, 0.2) is 5.69 Å². The van der Waals surface area contributed by atoms with Crippen LogP contribution in [0.4, 0.5) is 0 Å². The van der Waals surface area contributed by atoms with Crippen molar-refractivity contribution in [3.63, 3.8) is 0 Å². The summed E-state index contributed by atoms with van der Waals surface area (Å²) < 4.78 is 0. The first kappa shape index (κ1) is 7.45. The summed E-state index contributed by atoms with van der Waals surface area (Å²) in [6.45, 7) is 0. The van der Waals surface area contributed by atoms with Crippen molar-refractivity contribution >= 4 is 25.3 Å². The molecule has 0 aliphatic carbocycles. The molecule has 0 saturated heterocycles. The Balaban J connectivity index is 3.25. The number of nitriles is 1. The first-order valence-electron chi connectivity index (χ1n) is 2.53. The van der Waals surface area contributed by atoms with Crippen LogP contribution < -0.4 is 0 Å². The number of aromatic nitrogens is 1. The Morgan fingerprint density at radius 3 is 2.60 bits per heavy atom. The molecule has 0 aromatic carbocycles. The van der Waals surface area contributed by atoms with Gasteiger partial charge in [-0.05, 0) is 12.1 Å². The normalized spacial score (nSPS) is 8.90. The van der Waals surface area contributed by atoms with Crippen molar-refractivity contribution in [1.82, 2.24) is 4.98 Å². The minimum Gasteiger partial charge on any atom is -0.230 e. The van der Waals surface area contributed by atoms with Crippen molar-refractivity contribution < 1.29 is 0 Å². The number of nitrogens with zero attached hydrogens (tertiary/aromatic N) is 2. The monoisotopic (exact) mass is 168 g/mol. The minimum atomic E-state index is 0.316. The van der Waals surface area contributed by atoms with Crippen molar-refractivity contribution in [2.45, 2.75) is 9.92 Å². The van der Waals surface area contributed by atoms with Gasteiger partial charge < -0.3 is 0 Å². The standard InChI is InChI=1S/C6H4N2S2/c7-3-4-5(9)1-2-6(10)8-4/h1-2,9H,(H,8,10). The molecule has 0 aliphatic heterocycles. The average Bonchev–Trinajstić information content (AvgIpc) is 1.94. The Morgan fingerprint density at radius 2 is 2.10 bits per heavy atom. The van der Waals surface area contributed by atoms with Crippen molar-refractivity contribution in [3.8, 4) is 6.07 Å². The van der Waals surface area contributed by atoms with Crippen LogP contribution in [0.25, 0.3) is 0 Å². The highest BCUT2D eigenvalue weighted by molar-refractivity contribution is 7.80. The highest BCUT2D eigenvalue weighted by Crippen LogP contribution is 2.12. The van der Waals surface area contributed by atoms with Gasteiger partial charge in [-0.2, -0.15) is 5.26 Å². The number of pyridine rings is 1. The van der Waals surface area contributed by atoms with Gasteiger partial charge in [0, 0.05) is 4.90 Å². The van der Waals surface area contributed by atoms with E-state index in [-0.39, 0.29) is 0 Å². The SMILES string of the molecule is N#Cc1nc(S)ccc1S. The largest absolute Gasteiger partial charge is 0.230 e. The van der Waals surface area contributed by atoms with E-state index in [9.17, 15) is 0 Å². The molecule has 1 aromatic rings. The fourth-order valence-electron chi connectivity index (χ4n) is 0.524. The van der Waals surface area contributed by atoms with E-state index >= 15 is 0 Å². The Hall–Kier alpha value is -0.660. The highest BCUT2D eigenvalue weighted by Gasteiger charge is 1.97. The molecule has 1 heterocycles. The molecule has 10 heavy (non-hydrogen) atoms. The molecule has 0 aliphatic rings. The molecule has 0 unspecified atom stereocenters. The lowest BCUT2D eigenvalue weighted by Gasteiger charge is -1.93. The molecule has 1 rings (SSSR count). The van der Waals surface area contributed by atoms with Gasteiger partial charge in [0.05, 0.1) is 5.03 Å². The van der Waals surface area contributed by atoms with E-state index in [4.69, 9.17) is 5.26 Å². The van der Waals surface area contributed by atoms with E-state index in [0.717, 1.165) is 0 Å². The molecule has 0 spiro atoms. The van der Waals surface area contributed by atoms with Crippen LogP contribution in [-0.2, 0) is 0 Å². The second-order valence-electron chi connectivity index (χ2n) is 1.65. The maximum atomic E-state index is 8.45. The summed E-state index contributed by atoms with van der Waals surface area (Å²) in [6.07, 6.45) is 0. The number of hydrogen-bond donors (Lipinski definition) is 2. The van der Waals surface area contributed by atoms with Crippen LogP contribution in [-0.4, -0.2) is 4.98 Å². The molecule has 0 amide bonds. The number of rotatable bonds is 0. The fourth-order valence-corrected chi connectivity index (χ4v) is 0.873. The van der Waals surface area contributed by atoms with Crippen molar-refractivity contribution in [1.29, 1.82) is 5.26 Å². The highest BCUT2D eigenvalue weighted by atomic mass is 32.1. The second kappa shape index (κ2) is 2.95. The molecule has 0 radical (unpaired) electrons.